The van der Waals surface area contributed by atoms with E-state index in [0.717, 1.165) is 17.7 Å². The van der Waals surface area contributed by atoms with Gasteiger partial charge in [-0.25, -0.2) is 0 Å². The molecule has 148 valence electrons. The maximum atomic E-state index is 5.43. The summed E-state index contributed by atoms with van der Waals surface area (Å²) in [6, 6.07) is 11.1. The Hall–Kier alpha value is -3.00. The number of nitrogens with one attached hydrogen (secondary N) is 1. The van der Waals surface area contributed by atoms with Crippen molar-refractivity contribution in [2.75, 3.05) is 25.6 Å². The topological polar surface area (TPSA) is 95.2 Å². The van der Waals surface area contributed by atoms with Crippen LogP contribution in [0, 0.1) is 0 Å². The molecule has 0 fully saturated rings. The first kappa shape index (κ1) is 19.8. The maximum absolute atomic E-state index is 5.43. The molecule has 3 aromatic rings. The highest BCUT2D eigenvalue weighted by atomic mass is 16.5. The average molecular weight is 383 g/mol. The molecule has 0 saturated carbocycles. The molecule has 0 atom stereocenters. The molecule has 0 bridgehead atoms. The molecule has 3 rings (SSSR count). The van der Waals surface area contributed by atoms with E-state index in [2.05, 4.69) is 39.5 Å². The van der Waals surface area contributed by atoms with Crippen LogP contribution in [0.3, 0.4) is 0 Å². The van der Waals surface area contributed by atoms with Crippen LogP contribution in [0.1, 0.15) is 27.2 Å². The summed E-state index contributed by atoms with van der Waals surface area (Å²) in [6.45, 7) is 7.59. The molecule has 0 unspecified atom stereocenters. The van der Waals surface area contributed by atoms with Gasteiger partial charge in [0.15, 0.2) is 5.69 Å². The first-order chi connectivity index (χ1) is 13.5. The van der Waals surface area contributed by atoms with Crippen LogP contribution < -0.4 is 10.1 Å². The molecule has 0 aliphatic heterocycles. The highest BCUT2D eigenvalue weighted by molar-refractivity contribution is 5.59. The second-order valence-corrected chi connectivity index (χ2v) is 6.91. The summed E-state index contributed by atoms with van der Waals surface area (Å²) in [5, 5.41) is 15.8. The van der Waals surface area contributed by atoms with Crippen LogP contribution in [0.5, 0.6) is 5.75 Å². The van der Waals surface area contributed by atoms with Gasteiger partial charge in [0.2, 0.25) is 5.82 Å². The Balaban J connectivity index is 1.67. The SMILES string of the molecule is CCOCCC(C)(C)Nc1ccc(-c2nc(-c3ccc(OC)cc3)no2)nn1. The molecule has 8 heteroatoms. The Morgan fingerprint density at radius 1 is 1.07 bits per heavy atom. The molecule has 0 amide bonds. The summed E-state index contributed by atoms with van der Waals surface area (Å²) >= 11 is 0. The third-order valence-corrected chi connectivity index (χ3v) is 4.20. The number of methoxy groups -OCH3 is 1. The predicted octanol–water partition coefficient (Wildman–Crippen LogP) is 3.82. The van der Waals surface area contributed by atoms with Crippen molar-refractivity contribution in [3.8, 4) is 28.7 Å². The fourth-order valence-corrected chi connectivity index (χ4v) is 2.58. The van der Waals surface area contributed by atoms with Gasteiger partial charge in [-0.15, -0.1) is 10.2 Å². The summed E-state index contributed by atoms with van der Waals surface area (Å²) in [5.41, 5.74) is 1.19. The van der Waals surface area contributed by atoms with Gasteiger partial charge < -0.3 is 19.3 Å². The molecule has 0 spiro atoms. The summed E-state index contributed by atoms with van der Waals surface area (Å²) in [5.74, 6) is 2.25. The molecule has 2 aromatic heterocycles. The zero-order valence-electron chi connectivity index (χ0n) is 16.6. The lowest BCUT2D eigenvalue weighted by atomic mass is 10.0. The summed E-state index contributed by atoms with van der Waals surface area (Å²) < 4.78 is 15.9. The normalized spacial score (nSPS) is 11.4. The van der Waals surface area contributed by atoms with Crippen LogP contribution in [0.25, 0.3) is 23.0 Å². The van der Waals surface area contributed by atoms with Crippen molar-refractivity contribution >= 4 is 5.82 Å². The lowest BCUT2D eigenvalue weighted by Crippen LogP contribution is -2.32. The van der Waals surface area contributed by atoms with Crippen LogP contribution in [-0.2, 0) is 4.74 Å². The minimum Gasteiger partial charge on any atom is -0.497 e. The van der Waals surface area contributed by atoms with Crippen molar-refractivity contribution in [3.63, 3.8) is 0 Å². The Morgan fingerprint density at radius 3 is 2.50 bits per heavy atom. The fraction of sp³-hybridized carbons (Fsp3) is 0.400. The summed E-state index contributed by atoms with van der Waals surface area (Å²) in [7, 11) is 1.62. The van der Waals surface area contributed by atoms with Gasteiger partial charge in [-0.1, -0.05) is 5.16 Å². The molecule has 0 aliphatic carbocycles. The van der Waals surface area contributed by atoms with E-state index >= 15 is 0 Å². The molecule has 2 heterocycles. The highest BCUT2D eigenvalue weighted by Gasteiger charge is 2.19. The standard InChI is InChI=1S/C20H25N5O3/c1-5-27-13-12-20(2,3)22-17-11-10-16(23-24-17)19-21-18(25-28-19)14-6-8-15(26-4)9-7-14/h6-11H,5,12-13H2,1-4H3,(H,22,24). The van der Waals surface area contributed by atoms with E-state index in [0.29, 0.717) is 36.4 Å². The van der Waals surface area contributed by atoms with E-state index in [9.17, 15) is 0 Å². The van der Waals surface area contributed by atoms with Gasteiger partial charge in [-0.2, -0.15) is 4.98 Å². The van der Waals surface area contributed by atoms with E-state index < -0.39 is 0 Å². The number of nitrogens with zero attached hydrogens (tertiary/aromatic N) is 4. The van der Waals surface area contributed by atoms with Crippen molar-refractivity contribution < 1.29 is 14.0 Å². The van der Waals surface area contributed by atoms with Gasteiger partial charge in [0.1, 0.15) is 11.6 Å². The predicted molar refractivity (Wildman–Crippen MR) is 106 cm³/mol. The third-order valence-electron chi connectivity index (χ3n) is 4.20. The second-order valence-electron chi connectivity index (χ2n) is 6.91. The molecule has 0 radical (unpaired) electrons. The lowest BCUT2D eigenvalue weighted by Gasteiger charge is -2.26. The summed E-state index contributed by atoms with van der Waals surface area (Å²) in [6.07, 6.45) is 0.860. The highest BCUT2D eigenvalue weighted by Crippen LogP contribution is 2.23. The number of benzene rings is 1. The molecular weight excluding hydrogens is 358 g/mol. The molecular formula is C20H25N5O3. The zero-order chi connectivity index (χ0) is 20.0. The number of rotatable bonds is 9. The van der Waals surface area contributed by atoms with E-state index in [-0.39, 0.29) is 5.54 Å². The first-order valence-corrected chi connectivity index (χ1v) is 9.19. The fourth-order valence-electron chi connectivity index (χ4n) is 2.58. The van der Waals surface area contributed by atoms with Crippen molar-refractivity contribution in [1.82, 2.24) is 20.3 Å². The minimum absolute atomic E-state index is 0.155. The number of aromatic nitrogens is 4. The Bertz CT molecular complexity index is 876. The van der Waals surface area contributed by atoms with Gasteiger partial charge in [0, 0.05) is 24.3 Å². The molecule has 1 N–H and O–H groups in total. The maximum Gasteiger partial charge on any atom is 0.278 e. The molecule has 0 saturated heterocycles. The second kappa shape index (κ2) is 8.79. The molecule has 0 aliphatic rings. The van der Waals surface area contributed by atoms with Gasteiger partial charge in [0.25, 0.3) is 5.89 Å². The van der Waals surface area contributed by atoms with Crippen molar-refractivity contribution in [1.29, 1.82) is 0 Å². The van der Waals surface area contributed by atoms with Gasteiger partial charge >= 0.3 is 0 Å². The van der Waals surface area contributed by atoms with E-state index in [4.69, 9.17) is 14.0 Å². The zero-order valence-corrected chi connectivity index (χ0v) is 16.6. The largest absolute Gasteiger partial charge is 0.497 e. The number of anilines is 1. The van der Waals surface area contributed by atoms with Crippen molar-refractivity contribution in [2.45, 2.75) is 32.7 Å². The van der Waals surface area contributed by atoms with Crippen LogP contribution in [0.4, 0.5) is 5.82 Å². The Morgan fingerprint density at radius 2 is 1.86 bits per heavy atom. The monoisotopic (exact) mass is 383 g/mol. The van der Waals surface area contributed by atoms with E-state index in [1.807, 2.05) is 37.3 Å². The van der Waals surface area contributed by atoms with Crippen LogP contribution in [-0.4, -0.2) is 46.2 Å². The number of ether oxygens (including phenoxy) is 2. The molecule has 1 aromatic carbocycles. The third kappa shape index (κ3) is 5.04. The van der Waals surface area contributed by atoms with Crippen molar-refractivity contribution in [2.24, 2.45) is 0 Å². The Labute approximate surface area is 164 Å². The first-order valence-electron chi connectivity index (χ1n) is 9.19. The van der Waals surface area contributed by atoms with Crippen LogP contribution >= 0.6 is 0 Å². The number of hydrogen-bond donors (Lipinski definition) is 1. The Kier molecular flexibility index (Phi) is 6.20. The lowest BCUT2D eigenvalue weighted by molar-refractivity contribution is 0.133. The molecule has 28 heavy (non-hydrogen) atoms. The smallest absolute Gasteiger partial charge is 0.278 e. The van der Waals surface area contributed by atoms with Gasteiger partial charge in [0.05, 0.1) is 7.11 Å². The van der Waals surface area contributed by atoms with Gasteiger partial charge in [-0.3, -0.25) is 0 Å². The van der Waals surface area contributed by atoms with Crippen LogP contribution in [0.2, 0.25) is 0 Å². The van der Waals surface area contributed by atoms with Crippen LogP contribution in [0.15, 0.2) is 40.9 Å². The minimum atomic E-state index is -0.155. The van der Waals surface area contributed by atoms with Gasteiger partial charge in [-0.05, 0) is 63.6 Å². The molecule has 8 nitrogen and oxygen atoms in total. The van der Waals surface area contributed by atoms with E-state index in [1.165, 1.54) is 0 Å². The van der Waals surface area contributed by atoms with Crippen molar-refractivity contribution in [3.05, 3.63) is 36.4 Å². The quantitative estimate of drug-likeness (QED) is 0.557. The number of hydrogen-bond acceptors (Lipinski definition) is 8. The van der Waals surface area contributed by atoms with E-state index in [1.54, 1.807) is 13.2 Å². The summed E-state index contributed by atoms with van der Waals surface area (Å²) in [4.78, 5) is 4.40. The average Bonchev–Trinajstić information content (AvgIpc) is 3.18.